The number of nitrogens with zero attached hydrogens (tertiary/aromatic N) is 5. The van der Waals surface area contributed by atoms with Gasteiger partial charge in [-0.25, -0.2) is 9.50 Å². The van der Waals surface area contributed by atoms with Gasteiger partial charge in [-0.05, 0) is 12.1 Å². The third kappa shape index (κ3) is 3.68. The van der Waals surface area contributed by atoms with Crippen LogP contribution in [0.1, 0.15) is 11.3 Å². The second-order valence-electron chi connectivity index (χ2n) is 5.56. The molecule has 0 aliphatic rings. The third-order valence-electron chi connectivity index (χ3n) is 3.74. The predicted octanol–water partition coefficient (Wildman–Crippen LogP) is 2.79. The van der Waals surface area contributed by atoms with Crippen molar-refractivity contribution in [1.29, 1.82) is 5.26 Å². The molecule has 1 aromatic carbocycles. The van der Waals surface area contributed by atoms with Gasteiger partial charge in [-0.2, -0.15) is 5.26 Å². The van der Waals surface area contributed by atoms with Crippen LogP contribution in [0.15, 0.2) is 45.7 Å². The van der Waals surface area contributed by atoms with Crippen LogP contribution in [0.3, 0.4) is 0 Å². The van der Waals surface area contributed by atoms with E-state index in [1.807, 2.05) is 30.3 Å². The van der Waals surface area contributed by atoms with Crippen LogP contribution >= 0.6 is 23.1 Å². The Morgan fingerprint density at radius 3 is 3.11 bits per heavy atom. The van der Waals surface area contributed by atoms with Gasteiger partial charge in [-0.3, -0.25) is 9.89 Å². The summed E-state index contributed by atoms with van der Waals surface area (Å²) in [7, 11) is 1.61. The summed E-state index contributed by atoms with van der Waals surface area (Å²) in [6, 6.07) is 11.0. The molecule has 0 radical (unpaired) electrons. The van der Waals surface area contributed by atoms with Crippen LogP contribution in [-0.4, -0.2) is 31.9 Å². The van der Waals surface area contributed by atoms with E-state index in [9.17, 15) is 4.79 Å². The number of nitrogens with one attached hydrogen (secondary N) is 2. The largest absolute Gasteiger partial charge is 0.497 e. The first kappa shape index (κ1) is 18.0. The smallest absolute Gasteiger partial charge is 0.272 e. The molecule has 28 heavy (non-hydrogen) atoms. The quantitative estimate of drug-likeness (QED) is 0.465. The van der Waals surface area contributed by atoms with E-state index in [4.69, 9.17) is 10.00 Å². The number of aromatic amines is 1. The second kappa shape index (κ2) is 7.71. The minimum Gasteiger partial charge on any atom is -0.497 e. The zero-order valence-electron chi connectivity index (χ0n) is 14.5. The molecule has 3 heterocycles. The maximum atomic E-state index is 12.1. The molecule has 0 unspecified atom stereocenters. The normalized spacial score (nSPS) is 10.7. The van der Waals surface area contributed by atoms with Gasteiger partial charge in [0.05, 0.1) is 12.8 Å². The lowest BCUT2D eigenvalue weighted by molar-refractivity contribution is 0.415. The molecule has 3 aromatic heterocycles. The van der Waals surface area contributed by atoms with Crippen molar-refractivity contribution >= 4 is 39.6 Å². The van der Waals surface area contributed by atoms with Gasteiger partial charge in [0, 0.05) is 29.8 Å². The average Bonchev–Trinajstić information content (AvgIpc) is 3.33. The van der Waals surface area contributed by atoms with Crippen LogP contribution in [0.2, 0.25) is 0 Å². The Labute approximate surface area is 167 Å². The molecule has 0 fully saturated rings. The molecule has 0 bridgehead atoms. The highest BCUT2D eigenvalue weighted by Gasteiger charge is 2.11. The van der Waals surface area contributed by atoms with Crippen molar-refractivity contribution in [2.75, 3.05) is 12.4 Å². The fourth-order valence-electron chi connectivity index (χ4n) is 2.46. The first-order chi connectivity index (χ1) is 13.7. The number of nitriles is 1. The van der Waals surface area contributed by atoms with Crippen LogP contribution in [0, 0.1) is 11.3 Å². The molecule has 0 saturated heterocycles. The SMILES string of the molecule is COc1cccc(Nc2nnc(SCc3cc(=O)n4[nH]cc(C#N)c4n3)s2)c1. The molecule has 4 rings (SSSR count). The minimum absolute atomic E-state index is 0.264. The Morgan fingerprint density at radius 2 is 2.29 bits per heavy atom. The molecule has 140 valence electrons. The van der Waals surface area contributed by atoms with Crippen LogP contribution in [0.5, 0.6) is 5.75 Å². The molecule has 0 aliphatic heterocycles. The molecular formula is C17H13N7O2S2. The molecule has 2 N–H and O–H groups in total. The molecule has 0 spiro atoms. The van der Waals surface area contributed by atoms with Crippen molar-refractivity contribution in [3.05, 3.63) is 58.1 Å². The summed E-state index contributed by atoms with van der Waals surface area (Å²) in [5.41, 5.74) is 1.81. The molecule has 9 nitrogen and oxygen atoms in total. The molecule has 0 atom stereocenters. The summed E-state index contributed by atoms with van der Waals surface area (Å²) in [6.07, 6.45) is 1.46. The van der Waals surface area contributed by atoms with Crippen molar-refractivity contribution in [3.63, 3.8) is 0 Å². The van der Waals surface area contributed by atoms with Crippen molar-refractivity contribution in [2.45, 2.75) is 10.1 Å². The number of thioether (sulfide) groups is 1. The number of anilines is 2. The first-order valence-electron chi connectivity index (χ1n) is 8.04. The highest BCUT2D eigenvalue weighted by Crippen LogP contribution is 2.30. The number of fused-ring (bicyclic) bond motifs is 1. The van der Waals surface area contributed by atoms with Gasteiger partial charge in [0.1, 0.15) is 17.4 Å². The van der Waals surface area contributed by atoms with E-state index in [2.05, 4.69) is 25.6 Å². The summed E-state index contributed by atoms with van der Waals surface area (Å²) in [5, 5.41) is 23.9. The Hall–Kier alpha value is -3.36. The number of H-pyrrole nitrogens is 1. The number of ether oxygens (including phenoxy) is 1. The van der Waals surface area contributed by atoms with Crippen molar-refractivity contribution in [1.82, 2.24) is 24.8 Å². The van der Waals surface area contributed by atoms with Crippen LogP contribution in [-0.2, 0) is 5.75 Å². The standard InChI is InChI=1S/C17H13N7O2S2/c1-26-13-4-2-3-11(5-13)21-16-22-23-17(28-16)27-9-12-6-14(25)24-15(20-12)10(7-18)8-19-24/h2-6,8,19H,9H2,1H3,(H,21,22). The highest BCUT2D eigenvalue weighted by atomic mass is 32.2. The number of hydrogen-bond donors (Lipinski definition) is 2. The minimum atomic E-state index is -0.264. The highest BCUT2D eigenvalue weighted by molar-refractivity contribution is 8.00. The van der Waals surface area contributed by atoms with Crippen molar-refractivity contribution in [2.24, 2.45) is 0 Å². The number of methoxy groups -OCH3 is 1. The van der Waals surface area contributed by atoms with Crippen LogP contribution < -0.4 is 15.6 Å². The summed E-state index contributed by atoms with van der Waals surface area (Å²) in [5.74, 6) is 1.19. The van der Waals surface area contributed by atoms with Crippen LogP contribution in [0.25, 0.3) is 5.65 Å². The molecule has 0 aliphatic carbocycles. The molecular weight excluding hydrogens is 398 g/mol. The van der Waals surface area contributed by atoms with Crippen molar-refractivity contribution in [3.8, 4) is 11.8 Å². The Morgan fingerprint density at radius 1 is 1.39 bits per heavy atom. The Bertz CT molecular complexity index is 1240. The van der Waals surface area contributed by atoms with Gasteiger partial charge in [0.15, 0.2) is 9.99 Å². The zero-order valence-corrected chi connectivity index (χ0v) is 16.2. The zero-order chi connectivity index (χ0) is 19.5. The Kier molecular flexibility index (Phi) is 4.96. The molecule has 0 amide bonds. The van der Waals surface area contributed by atoms with Crippen LogP contribution in [0.4, 0.5) is 10.8 Å². The van der Waals surface area contributed by atoms with Gasteiger partial charge >= 0.3 is 0 Å². The summed E-state index contributed by atoms with van der Waals surface area (Å²) < 4.78 is 7.18. The van der Waals surface area contributed by atoms with Gasteiger partial charge in [-0.15, -0.1) is 10.2 Å². The summed E-state index contributed by atoms with van der Waals surface area (Å²) >= 11 is 2.82. The monoisotopic (exact) mass is 411 g/mol. The van der Waals surface area contributed by atoms with E-state index in [0.29, 0.717) is 27.8 Å². The predicted molar refractivity (Wildman–Crippen MR) is 106 cm³/mol. The molecule has 11 heteroatoms. The maximum Gasteiger partial charge on any atom is 0.272 e. The molecule has 0 saturated carbocycles. The van der Waals surface area contributed by atoms with E-state index >= 15 is 0 Å². The number of hydrogen-bond acceptors (Lipinski definition) is 9. The van der Waals surface area contributed by atoms with Crippen molar-refractivity contribution < 1.29 is 4.74 Å². The average molecular weight is 411 g/mol. The lowest BCUT2D eigenvalue weighted by atomic mass is 10.3. The fourth-order valence-corrected chi connectivity index (χ4v) is 4.13. The van der Waals surface area contributed by atoms with E-state index < -0.39 is 0 Å². The topological polar surface area (TPSA) is 121 Å². The van der Waals surface area contributed by atoms with Gasteiger partial charge in [-0.1, -0.05) is 29.2 Å². The Balaban J connectivity index is 1.47. The first-order valence-corrected chi connectivity index (χ1v) is 9.84. The maximum absolute atomic E-state index is 12.1. The third-order valence-corrected chi connectivity index (χ3v) is 5.75. The number of rotatable bonds is 6. The summed E-state index contributed by atoms with van der Waals surface area (Å²) in [4.78, 5) is 16.5. The van der Waals surface area contributed by atoms with E-state index in [1.54, 1.807) is 7.11 Å². The van der Waals surface area contributed by atoms with Gasteiger partial charge in [0.25, 0.3) is 5.56 Å². The number of aromatic nitrogens is 5. The number of benzene rings is 1. The lowest BCUT2D eigenvalue weighted by Crippen LogP contribution is -2.15. The van der Waals surface area contributed by atoms with E-state index in [0.717, 1.165) is 15.8 Å². The fraction of sp³-hybridized carbons (Fsp3) is 0.118. The lowest BCUT2D eigenvalue weighted by Gasteiger charge is -2.04. The van der Waals surface area contributed by atoms with E-state index in [1.165, 1.54) is 39.9 Å². The second-order valence-corrected chi connectivity index (χ2v) is 7.76. The van der Waals surface area contributed by atoms with E-state index in [-0.39, 0.29) is 5.56 Å². The molecule has 4 aromatic rings. The summed E-state index contributed by atoms with van der Waals surface area (Å²) in [6.45, 7) is 0. The van der Waals surface area contributed by atoms with Gasteiger partial charge < -0.3 is 10.1 Å². The van der Waals surface area contributed by atoms with Gasteiger partial charge in [0.2, 0.25) is 5.13 Å².